The summed E-state index contributed by atoms with van der Waals surface area (Å²) in [7, 11) is -3.42. The van der Waals surface area contributed by atoms with E-state index < -0.39 is 31.3 Å². The average molecular weight is 360 g/mol. The molecule has 2 rings (SSSR count). The average Bonchev–Trinajstić information content (AvgIpc) is 2.49. The number of aromatic nitrogens is 2. The Morgan fingerprint density at radius 2 is 2.33 bits per heavy atom. The van der Waals surface area contributed by atoms with Crippen LogP contribution in [-0.4, -0.2) is 45.7 Å². The summed E-state index contributed by atoms with van der Waals surface area (Å²) >= 11 is 0. The fourth-order valence-electron chi connectivity index (χ4n) is 2.17. The van der Waals surface area contributed by atoms with Crippen LogP contribution in [0, 0.1) is 5.92 Å². The van der Waals surface area contributed by atoms with Gasteiger partial charge in [0.1, 0.15) is 24.3 Å². The Balaban J connectivity index is 1.96. The van der Waals surface area contributed by atoms with E-state index in [0.717, 1.165) is 0 Å². The van der Waals surface area contributed by atoms with Gasteiger partial charge in [0.2, 0.25) is 0 Å². The van der Waals surface area contributed by atoms with Gasteiger partial charge in [-0.25, -0.2) is 9.88 Å². The number of hydrogen-bond donors (Lipinski definition) is 3. The zero-order chi connectivity index (χ0) is 17.9. The van der Waals surface area contributed by atoms with Crippen molar-refractivity contribution in [2.24, 2.45) is 5.92 Å². The molecule has 0 bridgehead atoms. The number of hydrogen-bond acceptors (Lipinski definition) is 7. The van der Waals surface area contributed by atoms with Gasteiger partial charge < -0.3 is 20.1 Å². The fourth-order valence-corrected chi connectivity index (χ4v) is 4.04. The lowest BCUT2D eigenvalue weighted by Gasteiger charge is -2.32. The van der Waals surface area contributed by atoms with Crippen LogP contribution in [0.2, 0.25) is 0 Å². The molecule has 0 aliphatic carbocycles. The van der Waals surface area contributed by atoms with Gasteiger partial charge in [-0.1, -0.05) is 13.8 Å². The number of carboxylic acids is 1. The maximum Gasteiger partial charge on any atom is 0.349 e. The number of ether oxygens (including phenoxy) is 1. The first-order chi connectivity index (χ1) is 11.2. The Hall–Kier alpha value is -1.74. The van der Waals surface area contributed by atoms with Gasteiger partial charge in [0.05, 0.1) is 13.2 Å². The topological polar surface area (TPSA) is 146 Å². The van der Waals surface area contributed by atoms with Gasteiger partial charge in [0.25, 0.3) is 7.52 Å². The van der Waals surface area contributed by atoms with Crippen LogP contribution < -0.4 is 16.5 Å². The minimum Gasteiger partial charge on any atom is -0.480 e. The van der Waals surface area contributed by atoms with E-state index in [-0.39, 0.29) is 31.2 Å². The van der Waals surface area contributed by atoms with Crippen molar-refractivity contribution in [2.75, 3.05) is 18.7 Å². The molecule has 4 N–H and O–H groups in total. The number of nitrogens with zero attached hydrogens (tertiary/aromatic N) is 2. The lowest BCUT2D eigenvalue weighted by Crippen LogP contribution is -2.43. The molecule has 0 aromatic carbocycles. The van der Waals surface area contributed by atoms with Crippen molar-refractivity contribution in [1.82, 2.24) is 14.6 Å². The van der Waals surface area contributed by atoms with Gasteiger partial charge >= 0.3 is 11.7 Å². The summed E-state index contributed by atoms with van der Waals surface area (Å²) in [5.74, 6) is -1.25. The molecule has 1 saturated heterocycles. The van der Waals surface area contributed by atoms with E-state index in [1.165, 1.54) is 16.8 Å². The minimum atomic E-state index is -3.42. The maximum atomic E-state index is 12.5. The van der Waals surface area contributed by atoms with E-state index in [2.05, 4.69) is 10.1 Å². The molecule has 0 spiro atoms. The molecule has 1 fully saturated rings. The second-order valence-electron chi connectivity index (χ2n) is 5.86. The first kappa shape index (κ1) is 18.6. The second-order valence-corrected chi connectivity index (χ2v) is 7.98. The molecule has 134 valence electrons. The van der Waals surface area contributed by atoms with Crippen molar-refractivity contribution in [3.8, 4) is 0 Å². The first-order valence-corrected chi connectivity index (χ1v) is 9.20. The number of carbonyl (C=O) groups is 1. The van der Waals surface area contributed by atoms with Gasteiger partial charge in [-0.05, 0) is 12.0 Å². The summed E-state index contributed by atoms with van der Waals surface area (Å²) in [6, 6.07) is 0.484. The molecule has 1 aromatic heterocycles. The van der Waals surface area contributed by atoms with Gasteiger partial charge in [0.15, 0.2) is 0 Å². The molecule has 1 aliphatic heterocycles. The van der Waals surface area contributed by atoms with Crippen LogP contribution >= 0.6 is 7.52 Å². The SMILES string of the molecule is CC(C)[C@H](NP1(=O)CO[C@@H](Cn2ccc(N)nc2=O)CO1)C(=O)O. The highest BCUT2D eigenvalue weighted by molar-refractivity contribution is 7.56. The molecule has 2 heterocycles. The molecule has 1 aliphatic rings. The third-order valence-corrected chi connectivity index (χ3v) is 5.24. The zero-order valence-electron chi connectivity index (χ0n) is 13.4. The smallest absolute Gasteiger partial charge is 0.349 e. The third-order valence-electron chi connectivity index (χ3n) is 3.51. The molecule has 10 nitrogen and oxygen atoms in total. The number of carboxylic acid groups (broad SMARTS) is 1. The Bertz CT molecular complexity index is 694. The van der Waals surface area contributed by atoms with Crippen molar-refractivity contribution in [1.29, 1.82) is 0 Å². The van der Waals surface area contributed by atoms with Crippen LogP contribution in [0.15, 0.2) is 17.1 Å². The van der Waals surface area contributed by atoms with Gasteiger partial charge in [-0.2, -0.15) is 4.98 Å². The fraction of sp³-hybridized carbons (Fsp3) is 0.615. The van der Waals surface area contributed by atoms with E-state index in [0.29, 0.717) is 0 Å². The molecule has 0 saturated carbocycles. The lowest BCUT2D eigenvalue weighted by atomic mass is 10.1. The quantitative estimate of drug-likeness (QED) is 0.601. The highest BCUT2D eigenvalue weighted by Crippen LogP contribution is 2.46. The summed E-state index contributed by atoms with van der Waals surface area (Å²) in [5.41, 5.74) is 4.90. The van der Waals surface area contributed by atoms with E-state index in [1.54, 1.807) is 13.8 Å². The Morgan fingerprint density at radius 3 is 2.83 bits per heavy atom. The predicted octanol–water partition coefficient (Wildman–Crippen LogP) is 0.0903. The third kappa shape index (κ3) is 4.64. The van der Waals surface area contributed by atoms with Crippen LogP contribution in [0.3, 0.4) is 0 Å². The summed E-state index contributed by atoms with van der Waals surface area (Å²) in [5, 5.41) is 11.7. The monoisotopic (exact) mass is 360 g/mol. The summed E-state index contributed by atoms with van der Waals surface area (Å²) < 4.78 is 24.7. The number of rotatable bonds is 6. The van der Waals surface area contributed by atoms with Crippen molar-refractivity contribution in [2.45, 2.75) is 32.5 Å². The van der Waals surface area contributed by atoms with Gasteiger partial charge in [0, 0.05) is 6.20 Å². The highest BCUT2D eigenvalue weighted by Gasteiger charge is 2.37. The predicted molar refractivity (Wildman–Crippen MR) is 85.6 cm³/mol. The van der Waals surface area contributed by atoms with E-state index >= 15 is 0 Å². The summed E-state index contributed by atoms with van der Waals surface area (Å²) in [6.07, 6.45) is 0.713. The zero-order valence-corrected chi connectivity index (χ0v) is 14.3. The van der Waals surface area contributed by atoms with Crippen molar-refractivity contribution >= 4 is 19.3 Å². The van der Waals surface area contributed by atoms with Crippen LogP contribution in [0.4, 0.5) is 5.82 Å². The number of anilines is 1. The van der Waals surface area contributed by atoms with Crippen LogP contribution in [0.5, 0.6) is 0 Å². The summed E-state index contributed by atoms with van der Waals surface area (Å²) in [4.78, 5) is 26.5. The van der Waals surface area contributed by atoms with E-state index in [1.807, 2.05) is 0 Å². The number of aliphatic carboxylic acids is 1. The Kier molecular flexibility index (Phi) is 5.76. The minimum absolute atomic E-state index is 0.0362. The number of nitrogens with two attached hydrogens (primary N) is 1. The van der Waals surface area contributed by atoms with Gasteiger partial charge in [-0.15, -0.1) is 0 Å². The van der Waals surface area contributed by atoms with Crippen molar-refractivity contribution in [3.63, 3.8) is 0 Å². The Labute approximate surface area is 138 Å². The molecule has 1 unspecified atom stereocenters. The molecule has 11 heteroatoms. The van der Waals surface area contributed by atoms with Crippen molar-refractivity contribution < 1.29 is 23.7 Å². The number of nitrogen functional groups attached to an aromatic ring is 1. The van der Waals surface area contributed by atoms with Gasteiger partial charge in [-0.3, -0.25) is 13.9 Å². The standard InChI is InChI=1S/C13H21N4O6P/c1-8(2)11(12(18)19)16-24(21)7-22-9(6-23-24)5-17-4-3-10(14)15-13(17)20/h3-4,8-9,11H,5-7H2,1-2H3,(H,16,21)(H,18,19)(H2,14,15,20)/t9-,11-,24?/m0/s1. The van der Waals surface area contributed by atoms with E-state index in [9.17, 15) is 14.2 Å². The number of nitrogens with one attached hydrogen (secondary N) is 1. The molecule has 0 amide bonds. The Morgan fingerprint density at radius 1 is 1.62 bits per heavy atom. The molecule has 0 radical (unpaired) electrons. The maximum absolute atomic E-state index is 12.5. The second kappa shape index (κ2) is 7.43. The largest absolute Gasteiger partial charge is 0.480 e. The van der Waals surface area contributed by atoms with Crippen LogP contribution in [-0.2, 0) is 25.2 Å². The van der Waals surface area contributed by atoms with Crippen molar-refractivity contribution in [3.05, 3.63) is 22.7 Å². The molecule has 3 atom stereocenters. The first-order valence-electron chi connectivity index (χ1n) is 7.39. The highest BCUT2D eigenvalue weighted by atomic mass is 31.2. The van der Waals surface area contributed by atoms with Crippen LogP contribution in [0.25, 0.3) is 0 Å². The molecular formula is C13H21N4O6P. The summed E-state index contributed by atoms with van der Waals surface area (Å²) in [6.45, 7) is 3.53. The van der Waals surface area contributed by atoms with E-state index in [4.69, 9.17) is 20.1 Å². The molecule has 24 heavy (non-hydrogen) atoms. The van der Waals surface area contributed by atoms with Crippen LogP contribution in [0.1, 0.15) is 13.8 Å². The molecular weight excluding hydrogens is 339 g/mol. The molecule has 1 aromatic rings. The lowest BCUT2D eigenvalue weighted by molar-refractivity contribution is -0.140. The normalized spacial score (nSPS) is 25.5.